The Morgan fingerprint density at radius 3 is 2.58 bits per heavy atom. The molecule has 5 rings (SSSR count). The molecule has 9 nitrogen and oxygen atoms in total. The van der Waals surface area contributed by atoms with E-state index in [1.807, 2.05) is 37.3 Å². The predicted molar refractivity (Wildman–Crippen MR) is 154 cm³/mol. The van der Waals surface area contributed by atoms with Crippen molar-refractivity contribution in [2.24, 2.45) is 5.73 Å². The van der Waals surface area contributed by atoms with Crippen molar-refractivity contribution < 1.29 is 22.7 Å². The van der Waals surface area contributed by atoms with Gasteiger partial charge in [-0.15, -0.1) is 0 Å². The first-order valence-electron chi connectivity index (χ1n) is 12.9. The van der Waals surface area contributed by atoms with Crippen LogP contribution in [-0.2, 0) is 21.2 Å². The molecule has 0 spiro atoms. The summed E-state index contributed by atoms with van der Waals surface area (Å²) in [5, 5.41) is 2.92. The van der Waals surface area contributed by atoms with E-state index in [0.717, 1.165) is 39.0 Å². The first-order valence-corrected chi connectivity index (χ1v) is 14.7. The minimum Gasteiger partial charge on any atom is -0.468 e. The molecule has 0 unspecified atom stereocenters. The number of amides is 2. The Balaban J connectivity index is 1.44. The number of sulfonamides is 1. The van der Waals surface area contributed by atoms with Crippen molar-refractivity contribution in [1.29, 1.82) is 0 Å². The lowest BCUT2D eigenvalue weighted by Gasteiger charge is -2.24. The molecule has 40 heavy (non-hydrogen) atoms. The summed E-state index contributed by atoms with van der Waals surface area (Å²) in [5.74, 6) is -0.438. The van der Waals surface area contributed by atoms with Crippen molar-refractivity contribution >= 4 is 33.6 Å². The fraction of sp³-hybridized carbons (Fsp3) is 0.233. The zero-order chi connectivity index (χ0) is 28.4. The summed E-state index contributed by atoms with van der Waals surface area (Å²) in [7, 11) is -3.26. The summed E-state index contributed by atoms with van der Waals surface area (Å²) in [4.78, 5) is 29.0. The van der Waals surface area contributed by atoms with E-state index in [0.29, 0.717) is 43.1 Å². The number of nitrogens with zero attached hydrogens (tertiary/aromatic N) is 2. The number of benzene rings is 2. The first-order chi connectivity index (χ1) is 19.1. The molecule has 206 valence electrons. The molecule has 0 saturated heterocycles. The Morgan fingerprint density at radius 2 is 1.90 bits per heavy atom. The SMILES string of the molecule is Cc1c(NC(=O)COc2ccccn2)cccc1-c1ccc(C(N)=O)c2c1C=C(C1=CCN(S(C)(=O)=O)CC1)C2. The number of nitrogens with one attached hydrogen (secondary N) is 1. The van der Waals surface area contributed by atoms with Crippen LogP contribution in [0.1, 0.15) is 33.5 Å². The van der Waals surface area contributed by atoms with Gasteiger partial charge >= 0.3 is 0 Å². The molecule has 1 aliphatic carbocycles. The molecule has 3 aromatic rings. The van der Waals surface area contributed by atoms with E-state index in [1.54, 1.807) is 30.5 Å². The predicted octanol–water partition coefficient (Wildman–Crippen LogP) is 3.70. The highest BCUT2D eigenvalue weighted by Gasteiger charge is 2.27. The molecule has 0 atom stereocenters. The lowest BCUT2D eigenvalue weighted by Crippen LogP contribution is -2.34. The molecule has 2 aliphatic rings. The average molecular weight is 559 g/mol. The number of pyridine rings is 1. The molecule has 0 bridgehead atoms. The molecular formula is C30H30N4O5S. The van der Waals surface area contributed by atoms with Gasteiger partial charge in [0.15, 0.2) is 6.61 Å². The Labute approximate surface area is 233 Å². The molecule has 2 aromatic carbocycles. The Bertz CT molecular complexity index is 1660. The molecule has 0 saturated carbocycles. The molecule has 3 N–H and O–H groups in total. The minimum absolute atomic E-state index is 0.179. The molecule has 10 heteroatoms. The normalized spacial score (nSPS) is 15.2. The smallest absolute Gasteiger partial charge is 0.262 e. The monoisotopic (exact) mass is 558 g/mol. The Morgan fingerprint density at radius 1 is 1.07 bits per heavy atom. The molecule has 0 radical (unpaired) electrons. The van der Waals surface area contributed by atoms with E-state index >= 15 is 0 Å². The molecule has 1 aromatic heterocycles. The van der Waals surface area contributed by atoms with Gasteiger partial charge in [0.25, 0.3) is 5.91 Å². The molecule has 2 heterocycles. The van der Waals surface area contributed by atoms with Gasteiger partial charge in [-0.25, -0.2) is 13.4 Å². The number of aromatic nitrogens is 1. The fourth-order valence-corrected chi connectivity index (χ4v) is 5.94. The van der Waals surface area contributed by atoms with Crippen LogP contribution in [0, 0.1) is 6.92 Å². The van der Waals surface area contributed by atoms with E-state index in [2.05, 4.69) is 16.4 Å². The van der Waals surface area contributed by atoms with E-state index in [4.69, 9.17) is 10.5 Å². The van der Waals surface area contributed by atoms with Crippen LogP contribution in [0.25, 0.3) is 17.2 Å². The number of hydrogen-bond donors (Lipinski definition) is 2. The lowest BCUT2D eigenvalue weighted by atomic mass is 9.90. The zero-order valence-electron chi connectivity index (χ0n) is 22.3. The second-order valence-corrected chi connectivity index (χ2v) is 11.8. The number of carbonyl (C=O) groups is 2. The van der Waals surface area contributed by atoms with E-state index in [1.165, 1.54) is 10.6 Å². The Hall–Kier alpha value is -4.28. The number of hydrogen-bond acceptors (Lipinski definition) is 6. The second kappa shape index (κ2) is 11.1. The van der Waals surface area contributed by atoms with Crippen molar-refractivity contribution in [2.75, 3.05) is 31.3 Å². The van der Waals surface area contributed by atoms with E-state index in [9.17, 15) is 18.0 Å². The highest BCUT2D eigenvalue weighted by Crippen LogP contribution is 2.41. The van der Waals surface area contributed by atoms with Crippen molar-refractivity contribution in [3.8, 4) is 17.0 Å². The lowest BCUT2D eigenvalue weighted by molar-refractivity contribution is -0.118. The largest absolute Gasteiger partial charge is 0.468 e. The van der Waals surface area contributed by atoms with Crippen LogP contribution in [0.3, 0.4) is 0 Å². The highest BCUT2D eigenvalue weighted by atomic mass is 32.2. The summed E-state index contributed by atoms with van der Waals surface area (Å²) in [5.41, 5.74) is 13.4. The number of anilines is 1. The van der Waals surface area contributed by atoms with Crippen LogP contribution in [0.5, 0.6) is 5.88 Å². The molecule has 0 fully saturated rings. The number of nitrogens with two attached hydrogens (primary N) is 1. The number of ether oxygens (including phenoxy) is 1. The number of carbonyl (C=O) groups excluding carboxylic acids is 2. The maximum absolute atomic E-state index is 12.6. The summed E-state index contributed by atoms with van der Waals surface area (Å²) in [6, 6.07) is 14.5. The zero-order valence-corrected chi connectivity index (χ0v) is 23.1. The summed E-state index contributed by atoms with van der Waals surface area (Å²) in [6.07, 6.45) is 7.96. The van der Waals surface area contributed by atoms with E-state index in [-0.39, 0.29) is 12.5 Å². The minimum atomic E-state index is -3.26. The van der Waals surface area contributed by atoms with Gasteiger partial charge in [-0.2, -0.15) is 4.31 Å². The number of rotatable bonds is 8. The second-order valence-electron chi connectivity index (χ2n) is 9.85. The maximum atomic E-state index is 12.6. The standard InChI is InChI=1S/C30H30N4O5S/c1-19-22(6-5-7-27(19)33-28(35)18-39-29-8-3-4-13-32-29)23-9-10-24(30(31)36)26-17-21(16-25(23)26)20-11-14-34(15-12-20)40(2,37)38/h3-11,13,16H,12,14-15,17-18H2,1-2H3,(H2,31,36)(H,33,35). The fourth-order valence-electron chi connectivity index (χ4n) is 5.17. The van der Waals surface area contributed by atoms with Gasteiger partial charge in [-0.05, 0) is 76.9 Å². The van der Waals surface area contributed by atoms with E-state index < -0.39 is 15.9 Å². The van der Waals surface area contributed by atoms with Crippen molar-refractivity contribution in [1.82, 2.24) is 9.29 Å². The first kappa shape index (κ1) is 27.3. The number of fused-ring (bicyclic) bond motifs is 1. The third-order valence-electron chi connectivity index (χ3n) is 7.25. The van der Waals surface area contributed by atoms with Gasteiger partial charge < -0.3 is 15.8 Å². The van der Waals surface area contributed by atoms with Crippen LogP contribution < -0.4 is 15.8 Å². The van der Waals surface area contributed by atoms with Crippen LogP contribution in [0.4, 0.5) is 5.69 Å². The Kier molecular flexibility index (Phi) is 7.55. The molecular weight excluding hydrogens is 528 g/mol. The topological polar surface area (TPSA) is 132 Å². The van der Waals surface area contributed by atoms with Gasteiger partial charge in [0.05, 0.1) is 6.26 Å². The van der Waals surface area contributed by atoms with Crippen molar-refractivity contribution in [3.05, 3.63) is 94.2 Å². The van der Waals surface area contributed by atoms with Gasteiger partial charge in [0.1, 0.15) is 0 Å². The summed E-state index contributed by atoms with van der Waals surface area (Å²) in [6.45, 7) is 2.49. The van der Waals surface area contributed by atoms with Gasteiger partial charge in [-0.1, -0.05) is 36.4 Å². The van der Waals surface area contributed by atoms with Crippen LogP contribution in [0.2, 0.25) is 0 Å². The van der Waals surface area contributed by atoms with Crippen molar-refractivity contribution in [3.63, 3.8) is 0 Å². The van der Waals surface area contributed by atoms with Gasteiger partial charge in [-0.3, -0.25) is 9.59 Å². The van der Waals surface area contributed by atoms with Gasteiger partial charge in [0.2, 0.25) is 21.8 Å². The third kappa shape index (κ3) is 5.68. The molecule has 1 aliphatic heterocycles. The molecule has 2 amide bonds. The summed E-state index contributed by atoms with van der Waals surface area (Å²) < 4.78 is 30.8. The van der Waals surface area contributed by atoms with Crippen LogP contribution in [0.15, 0.2) is 72.0 Å². The van der Waals surface area contributed by atoms with Crippen molar-refractivity contribution in [2.45, 2.75) is 19.8 Å². The third-order valence-corrected chi connectivity index (χ3v) is 8.52. The average Bonchev–Trinajstić information content (AvgIpc) is 3.38. The number of allylic oxidation sites excluding steroid dienone is 1. The van der Waals surface area contributed by atoms with Crippen LogP contribution >= 0.6 is 0 Å². The maximum Gasteiger partial charge on any atom is 0.262 e. The quantitative estimate of drug-likeness (QED) is 0.433. The summed E-state index contributed by atoms with van der Waals surface area (Å²) >= 11 is 0. The van der Waals surface area contributed by atoms with Gasteiger partial charge in [0, 0.05) is 36.6 Å². The highest BCUT2D eigenvalue weighted by molar-refractivity contribution is 7.88. The van der Waals surface area contributed by atoms with Crippen LogP contribution in [-0.4, -0.2) is 55.5 Å². The number of primary amides is 1.